The standard InChI is InChI=1S/C19H27N7O/c1-24(10-14-4-2-3-5-18(27)20-14)15-11-25(12-15)17-9-8-16-21-22-19(13-6-7-13)26(16)23-17/h8-9,13-15H,2-7,10-12H2,1H3,(H,20,27). The van der Waals surface area contributed by atoms with E-state index in [2.05, 4.69) is 32.4 Å². The minimum absolute atomic E-state index is 0.207. The molecule has 2 saturated heterocycles. The fourth-order valence-corrected chi connectivity index (χ4v) is 4.16. The van der Waals surface area contributed by atoms with E-state index in [-0.39, 0.29) is 11.9 Å². The molecule has 8 nitrogen and oxygen atoms in total. The van der Waals surface area contributed by atoms with Gasteiger partial charge in [0.25, 0.3) is 0 Å². The van der Waals surface area contributed by atoms with E-state index in [4.69, 9.17) is 5.10 Å². The Labute approximate surface area is 158 Å². The molecular weight excluding hydrogens is 342 g/mol. The Hall–Kier alpha value is -2.22. The van der Waals surface area contributed by atoms with Gasteiger partial charge >= 0.3 is 0 Å². The fraction of sp³-hybridized carbons (Fsp3) is 0.684. The first kappa shape index (κ1) is 16.9. The van der Waals surface area contributed by atoms with Crippen LogP contribution in [0.5, 0.6) is 0 Å². The maximum Gasteiger partial charge on any atom is 0.220 e. The van der Waals surface area contributed by atoms with Crippen LogP contribution >= 0.6 is 0 Å². The summed E-state index contributed by atoms with van der Waals surface area (Å²) in [6.45, 7) is 2.86. The van der Waals surface area contributed by atoms with Gasteiger partial charge in [-0.05, 0) is 44.9 Å². The zero-order chi connectivity index (χ0) is 18.4. The number of amides is 1. The minimum Gasteiger partial charge on any atom is -0.352 e. The Bertz CT molecular complexity index is 840. The Morgan fingerprint density at radius 3 is 2.85 bits per heavy atom. The maximum absolute atomic E-state index is 11.8. The van der Waals surface area contributed by atoms with Crippen molar-refractivity contribution in [3.05, 3.63) is 18.0 Å². The van der Waals surface area contributed by atoms with Crippen molar-refractivity contribution in [2.75, 3.05) is 31.6 Å². The van der Waals surface area contributed by atoms with Crippen molar-refractivity contribution in [1.29, 1.82) is 0 Å². The van der Waals surface area contributed by atoms with Gasteiger partial charge in [-0.3, -0.25) is 9.69 Å². The monoisotopic (exact) mass is 369 g/mol. The Kier molecular flexibility index (Phi) is 4.22. The van der Waals surface area contributed by atoms with Crippen LogP contribution in [0.15, 0.2) is 12.1 Å². The average Bonchev–Trinajstić information content (AvgIpc) is 3.39. The third-order valence-corrected chi connectivity index (χ3v) is 6.10. The van der Waals surface area contributed by atoms with Crippen molar-refractivity contribution < 1.29 is 4.79 Å². The summed E-state index contributed by atoms with van der Waals surface area (Å²) in [5.74, 6) is 2.74. The first-order valence-electron chi connectivity index (χ1n) is 10.1. The molecule has 0 radical (unpaired) electrons. The number of carbonyl (C=O) groups excluding carboxylic acids is 1. The first-order chi connectivity index (χ1) is 13.2. The van der Waals surface area contributed by atoms with Gasteiger partial charge in [-0.15, -0.1) is 15.3 Å². The van der Waals surface area contributed by atoms with E-state index >= 15 is 0 Å². The van der Waals surface area contributed by atoms with Crippen LogP contribution in [-0.4, -0.2) is 69.4 Å². The van der Waals surface area contributed by atoms with Gasteiger partial charge in [0, 0.05) is 44.1 Å². The number of rotatable bonds is 5. The predicted octanol–water partition coefficient (Wildman–Crippen LogP) is 1.18. The van der Waals surface area contributed by atoms with Crippen LogP contribution in [0, 0.1) is 0 Å². The van der Waals surface area contributed by atoms with Gasteiger partial charge in [0.05, 0.1) is 0 Å². The van der Waals surface area contributed by atoms with E-state index in [1.807, 2.05) is 16.6 Å². The highest BCUT2D eigenvalue weighted by molar-refractivity contribution is 5.76. The molecule has 2 aromatic rings. The van der Waals surface area contributed by atoms with E-state index in [1.165, 1.54) is 12.8 Å². The largest absolute Gasteiger partial charge is 0.352 e. The second kappa shape index (κ2) is 6.74. The second-order valence-corrected chi connectivity index (χ2v) is 8.30. The highest BCUT2D eigenvalue weighted by Crippen LogP contribution is 2.38. The fourth-order valence-electron chi connectivity index (χ4n) is 4.16. The molecule has 8 heteroatoms. The van der Waals surface area contributed by atoms with E-state index < -0.39 is 0 Å². The summed E-state index contributed by atoms with van der Waals surface area (Å²) < 4.78 is 1.92. The summed E-state index contributed by atoms with van der Waals surface area (Å²) in [5, 5.41) is 16.5. The first-order valence-corrected chi connectivity index (χ1v) is 10.1. The molecule has 1 N–H and O–H groups in total. The van der Waals surface area contributed by atoms with Crippen molar-refractivity contribution in [1.82, 2.24) is 30.0 Å². The second-order valence-electron chi connectivity index (χ2n) is 8.30. The molecular formula is C19H27N7O. The van der Waals surface area contributed by atoms with Crippen LogP contribution < -0.4 is 10.2 Å². The number of nitrogens with zero attached hydrogens (tertiary/aromatic N) is 6. The maximum atomic E-state index is 11.8. The van der Waals surface area contributed by atoms with Gasteiger partial charge in [0.2, 0.25) is 5.91 Å². The lowest BCUT2D eigenvalue weighted by Crippen LogP contribution is -2.60. The Balaban J connectivity index is 1.20. The van der Waals surface area contributed by atoms with Crippen molar-refractivity contribution in [2.45, 2.75) is 56.5 Å². The highest BCUT2D eigenvalue weighted by atomic mass is 16.1. The number of anilines is 1. The zero-order valence-electron chi connectivity index (χ0n) is 15.8. The molecule has 3 fully saturated rings. The Morgan fingerprint density at radius 1 is 1.19 bits per heavy atom. The molecule has 4 heterocycles. The molecule has 144 valence electrons. The molecule has 2 aliphatic heterocycles. The molecule has 1 atom stereocenters. The van der Waals surface area contributed by atoms with Gasteiger partial charge in [0.15, 0.2) is 11.5 Å². The summed E-state index contributed by atoms with van der Waals surface area (Å²) in [6.07, 6.45) is 6.31. The van der Waals surface area contributed by atoms with Crippen LogP contribution in [0.4, 0.5) is 5.82 Å². The minimum atomic E-state index is 0.207. The number of hydrogen-bond acceptors (Lipinski definition) is 6. The average molecular weight is 369 g/mol. The van der Waals surface area contributed by atoms with Crippen LogP contribution in [-0.2, 0) is 4.79 Å². The third-order valence-electron chi connectivity index (χ3n) is 6.10. The van der Waals surface area contributed by atoms with Crippen molar-refractivity contribution in [2.24, 2.45) is 0 Å². The lowest BCUT2D eigenvalue weighted by molar-refractivity contribution is -0.121. The van der Waals surface area contributed by atoms with E-state index in [1.54, 1.807) is 0 Å². The molecule has 3 aliphatic rings. The van der Waals surface area contributed by atoms with Crippen LogP contribution in [0.25, 0.3) is 5.65 Å². The van der Waals surface area contributed by atoms with Gasteiger partial charge in [-0.1, -0.05) is 6.42 Å². The quantitative estimate of drug-likeness (QED) is 0.853. The number of likely N-dealkylation sites (N-methyl/N-ethyl adjacent to an activating group) is 1. The van der Waals surface area contributed by atoms with Crippen LogP contribution in [0.3, 0.4) is 0 Å². The lowest BCUT2D eigenvalue weighted by Gasteiger charge is -2.45. The topological polar surface area (TPSA) is 78.7 Å². The number of aromatic nitrogens is 4. The van der Waals surface area contributed by atoms with Crippen LogP contribution in [0.1, 0.15) is 50.3 Å². The van der Waals surface area contributed by atoms with Crippen molar-refractivity contribution >= 4 is 17.4 Å². The molecule has 0 bridgehead atoms. The molecule has 1 aliphatic carbocycles. The van der Waals surface area contributed by atoms with Gasteiger partial charge in [-0.25, -0.2) is 0 Å². The summed E-state index contributed by atoms with van der Waals surface area (Å²) >= 11 is 0. The molecule has 1 saturated carbocycles. The number of nitrogens with one attached hydrogen (secondary N) is 1. The van der Waals surface area contributed by atoms with Gasteiger partial charge < -0.3 is 10.2 Å². The molecule has 0 spiro atoms. The SMILES string of the molecule is CN(CC1CCCCC(=O)N1)C1CN(c2ccc3nnc(C4CC4)n3n2)C1. The van der Waals surface area contributed by atoms with E-state index in [0.717, 1.165) is 56.2 Å². The van der Waals surface area contributed by atoms with Crippen molar-refractivity contribution in [3.63, 3.8) is 0 Å². The highest BCUT2D eigenvalue weighted by Gasteiger charge is 2.33. The Morgan fingerprint density at radius 2 is 2.04 bits per heavy atom. The number of carbonyl (C=O) groups is 1. The summed E-state index contributed by atoms with van der Waals surface area (Å²) in [7, 11) is 2.17. The molecule has 1 amide bonds. The molecule has 2 aromatic heterocycles. The lowest BCUT2D eigenvalue weighted by atomic mass is 10.1. The summed E-state index contributed by atoms with van der Waals surface area (Å²) in [4.78, 5) is 16.5. The normalized spacial score (nSPS) is 24.1. The summed E-state index contributed by atoms with van der Waals surface area (Å²) in [5.41, 5.74) is 0.832. The number of fused-ring (bicyclic) bond motifs is 1. The van der Waals surface area contributed by atoms with E-state index in [9.17, 15) is 4.79 Å². The molecule has 0 aromatic carbocycles. The van der Waals surface area contributed by atoms with Gasteiger partial charge in [0.1, 0.15) is 5.82 Å². The number of hydrogen-bond donors (Lipinski definition) is 1. The molecule has 5 rings (SSSR count). The van der Waals surface area contributed by atoms with Crippen molar-refractivity contribution in [3.8, 4) is 0 Å². The smallest absolute Gasteiger partial charge is 0.220 e. The van der Waals surface area contributed by atoms with Gasteiger partial charge in [-0.2, -0.15) is 4.52 Å². The molecule has 1 unspecified atom stereocenters. The molecule has 27 heavy (non-hydrogen) atoms. The van der Waals surface area contributed by atoms with E-state index in [0.29, 0.717) is 18.4 Å². The summed E-state index contributed by atoms with van der Waals surface area (Å²) in [6, 6.07) is 4.85. The van der Waals surface area contributed by atoms with Crippen LogP contribution in [0.2, 0.25) is 0 Å². The third kappa shape index (κ3) is 3.38. The zero-order valence-corrected chi connectivity index (χ0v) is 15.8. The predicted molar refractivity (Wildman–Crippen MR) is 102 cm³/mol.